The van der Waals surface area contributed by atoms with Crippen LogP contribution in [0.4, 0.5) is 0 Å². The smallest absolute Gasteiger partial charge is 0.253 e. The van der Waals surface area contributed by atoms with Crippen molar-refractivity contribution in [1.82, 2.24) is 9.58 Å². The van der Waals surface area contributed by atoms with Crippen LogP contribution in [0.2, 0.25) is 0 Å². The molecular weight excluding hydrogens is 450 g/mol. The molecule has 1 amide bonds. The molecule has 2 aromatic heterocycles. The SMILES string of the molecule is CCn1cc(SCC(=O)N2N=C(c3cccs3)C[C@H]2c2ccc(OC)cc2)c2ccccc21. The van der Waals surface area contributed by atoms with E-state index >= 15 is 0 Å². The fourth-order valence-corrected chi connectivity index (χ4v) is 5.88. The number of amides is 1. The first kappa shape index (κ1) is 21.8. The predicted octanol–water partition coefficient (Wildman–Crippen LogP) is 6.20. The van der Waals surface area contributed by atoms with Gasteiger partial charge in [-0.1, -0.05) is 36.4 Å². The average Bonchev–Trinajstić information content (AvgIpc) is 3.61. The van der Waals surface area contributed by atoms with Crippen LogP contribution in [-0.4, -0.2) is 34.1 Å². The van der Waals surface area contributed by atoms with Crippen LogP contribution in [-0.2, 0) is 11.3 Å². The standard InChI is InChI=1S/C26H25N3O2S2/c1-3-28-16-25(20-7-4-5-8-22(20)28)33-17-26(30)29-23(18-10-12-19(31-2)13-11-18)15-21(27-29)24-9-6-14-32-24/h4-14,16,23H,3,15,17H2,1-2H3/t23-/m0/s1. The lowest BCUT2D eigenvalue weighted by Crippen LogP contribution is -2.28. The molecule has 1 aliphatic rings. The maximum Gasteiger partial charge on any atom is 0.253 e. The maximum absolute atomic E-state index is 13.4. The Kier molecular flexibility index (Phi) is 6.24. The van der Waals surface area contributed by atoms with Crippen LogP contribution in [0.3, 0.4) is 0 Å². The average molecular weight is 476 g/mol. The molecule has 3 heterocycles. The Labute approximate surface area is 201 Å². The van der Waals surface area contributed by atoms with E-state index in [1.807, 2.05) is 41.8 Å². The molecule has 2 aromatic carbocycles. The van der Waals surface area contributed by atoms with Gasteiger partial charge in [-0.3, -0.25) is 4.79 Å². The first-order chi connectivity index (χ1) is 16.2. The quantitative estimate of drug-likeness (QED) is 0.299. The molecule has 0 saturated heterocycles. The monoisotopic (exact) mass is 475 g/mol. The largest absolute Gasteiger partial charge is 0.497 e. The summed E-state index contributed by atoms with van der Waals surface area (Å²) in [6, 6.07) is 20.3. The zero-order chi connectivity index (χ0) is 22.8. The molecule has 1 atom stereocenters. The molecule has 0 radical (unpaired) electrons. The molecule has 5 nitrogen and oxygen atoms in total. The number of aromatic nitrogens is 1. The van der Waals surface area contributed by atoms with E-state index < -0.39 is 0 Å². The Balaban J connectivity index is 1.40. The van der Waals surface area contributed by atoms with Gasteiger partial charge >= 0.3 is 0 Å². The highest BCUT2D eigenvalue weighted by molar-refractivity contribution is 8.00. The minimum absolute atomic E-state index is 0.0145. The molecule has 0 N–H and O–H groups in total. The Morgan fingerprint density at radius 1 is 1.15 bits per heavy atom. The second-order valence-electron chi connectivity index (χ2n) is 7.84. The van der Waals surface area contributed by atoms with Crippen LogP contribution in [0.25, 0.3) is 10.9 Å². The summed E-state index contributed by atoms with van der Waals surface area (Å²) in [5.74, 6) is 1.16. The van der Waals surface area contributed by atoms with Crippen molar-refractivity contribution in [3.05, 3.63) is 82.7 Å². The van der Waals surface area contributed by atoms with Crippen molar-refractivity contribution < 1.29 is 9.53 Å². The van der Waals surface area contributed by atoms with Gasteiger partial charge in [0.1, 0.15) is 5.75 Å². The number of fused-ring (bicyclic) bond motifs is 1. The summed E-state index contributed by atoms with van der Waals surface area (Å²) >= 11 is 3.24. The molecule has 7 heteroatoms. The first-order valence-electron chi connectivity index (χ1n) is 11.0. The number of hydrogen-bond donors (Lipinski definition) is 0. The van der Waals surface area contributed by atoms with E-state index in [1.54, 1.807) is 35.2 Å². The summed E-state index contributed by atoms with van der Waals surface area (Å²) in [5, 5.41) is 9.71. The Morgan fingerprint density at radius 3 is 2.70 bits per heavy atom. The van der Waals surface area contributed by atoms with Gasteiger partial charge in [-0.15, -0.1) is 23.1 Å². The molecule has 0 aliphatic carbocycles. The zero-order valence-electron chi connectivity index (χ0n) is 18.6. The maximum atomic E-state index is 13.4. The lowest BCUT2D eigenvalue weighted by atomic mass is 10.0. The molecule has 5 rings (SSSR count). The number of nitrogens with zero attached hydrogens (tertiary/aromatic N) is 3. The molecule has 4 aromatic rings. The van der Waals surface area contributed by atoms with Crippen LogP contribution in [0.5, 0.6) is 5.75 Å². The molecule has 0 unspecified atom stereocenters. The minimum Gasteiger partial charge on any atom is -0.497 e. The van der Waals surface area contributed by atoms with E-state index in [0.29, 0.717) is 12.2 Å². The third kappa shape index (κ3) is 4.30. The van der Waals surface area contributed by atoms with Crippen LogP contribution in [0, 0.1) is 0 Å². The molecule has 168 valence electrons. The summed E-state index contributed by atoms with van der Waals surface area (Å²) in [5.41, 5.74) is 3.23. The van der Waals surface area contributed by atoms with Crippen molar-refractivity contribution >= 4 is 45.6 Å². The number of ether oxygens (including phenoxy) is 1. The Morgan fingerprint density at radius 2 is 1.97 bits per heavy atom. The van der Waals surface area contributed by atoms with E-state index in [9.17, 15) is 4.79 Å². The summed E-state index contributed by atoms with van der Waals surface area (Å²) in [6.45, 7) is 3.03. The number of hydrazone groups is 1. The van der Waals surface area contributed by atoms with Gasteiger partial charge in [0.15, 0.2) is 0 Å². The Hall–Kier alpha value is -3.03. The number of carbonyl (C=O) groups excluding carboxylic acids is 1. The topological polar surface area (TPSA) is 46.8 Å². The molecule has 33 heavy (non-hydrogen) atoms. The molecule has 0 spiro atoms. The van der Waals surface area contributed by atoms with Crippen molar-refractivity contribution in [2.24, 2.45) is 5.10 Å². The summed E-state index contributed by atoms with van der Waals surface area (Å²) in [4.78, 5) is 15.7. The number of thiophene rings is 1. The summed E-state index contributed by atoms with van der Waals surface area (Å²) < 4.78 is 7.53. The lowest BCUT2D eigenvalue weighted by molar-refractivity contribution is -0.130. The number of hydrogen-bond acceptors (Lipinski definition) is 5. The number of methoxy groups -OCH3 is 1. The highest BCUT2D eigenvalue weighted by atomic mass is 32.2. The van der Waals surface area contributed by atoms with Gasteiger partial charge in [0.25, 0.3) is 5.91 Å². The number of benzene rings is 2. The van der Waals surface area contributed by atoms with E-state index in [2.05, 4.69) is 42.0 Å². The number of carbonyl (C=O) groups is 1. The van der Waals surface area contributed by atoms with E-state index in [4.69, 9.17) is 9.84 Å². The first-order valence-corrected chi connectivity index (χ1v) is 12.8. The normalized spacial score (nSPS) is 15.8. The highest BCUT2D eigenvalue weighted by Gasteiger charge is 2.33. The van der Waals surface area contributed by atoms with E-state index in [1.165, 1.54) is 10.9 Å². The molecule has 0 fully saturated rings. The summed E-state index contributed by atoms with van der Waals surface area (Å²) in [7, 11) is 1.66. The number of thioether (sulfide) groups is 1. The van der Waals surface area contributed by atoms with Gasteiger partial charge in [0, 0.05) is 35.0 Å². The van der Waals surface area contributed by atoms with Crippen LogP contribution < -0.4 is 4.74 Å². The van der Waals surface area contributed by atoms with Crippen LogP contribution in [0.1, 0.15) is 29.8 Å². The molecular formula is C26H25N3O2S2. The second-order valence-corrected chi connectivity index (χ2v) is 9.81. The zero-order valence-corrected chi connectivity index (χ0v) is 20.2. The molecule has 0 saturated carbocycles. The fraction of sp³-hybridized carbons (Fsp3) is 0.231. The molecule has 1 aliphatic heterocycles. The van der Waals surface area contributed by atoms with Crippen molar-refractivity contribution in [2.45, 2.75) is 30.8 Å². The van der Waals surface area contributed by atoms with Gasteiger partial charge in [-0.05, 0) is 42.1 Å². The number of rotatable bonds is 7. The fourth-order valence-electron chi connectivity index (χ4n) is 4.21. The third-order valence-electron chi connectivity index (χ3n) is 5.92. The van der Waals surface area contributed by atoms with Gasteiger partial charge in [0.05, 0.1) is 29.5 Å². The molecule has 0 bridgehead atoms. The number of aryl methyl sites for hydroxylation is 1. The lowest BCUT2D eigenvalue weighted by Gasteiger charge is -2.22. The van der Waals surface area contributed by atoms with Crippen LogP contribution in [0.15, 0.2) is 82.2 Å². The second kappa shape index (κ2) is 9.45. The van der Waals surface area contributed by atoms with Gasteiger partial charge in [0.2, 0.25) is 0 Å². The van der Waals surface area contributed by atoms with Gasteiger partial charge in [-0.25, -0.2) is 5.01 Å². The number of para-hydroxylation sites is 1. The Bertz CT molecular complexity index is 1290. The third-order valence-corrected chi connectivity index (χ3v) is 7.86. The van der Waals surface area contributed by atoms with Gasteiger partial charge < -0.3 is 9.30 Å². The predicted molar refractivity (Wildman–Crippen MR) is 136 cm³/mol. The van der Waals surface area contributed by atoms with E-state index in [-0.39, 0.29) is 11.9 Å². The van der Waals surface area contributed by atoms with Crippen molar-refractivity contribution in [3.8, 4) is 5.75 Å². The van der Waals surface area contributed by atoms with Crippen molar-refractivity contribution in [3.63, 3.8) is 0 Å². The minimum atomic E-state index is -0.113. The highest BCUT2D eigenvalue weighted by Crippen LogP contribution is 2.36. The van der Waals surface area contributed by atoms with E-state index in [0.717, 1.165) is 33.3 Å². The van der Waals surface area contributed by atoms with Gasteiger partial charge in [-0.2, -0.15) is 5.10 Å². The summed E-state index contributed by atoms with van der Waals surface area (Å²) in [6.07, 6.45) is 2.85. The van der Waals surface area contributed by atoms with Crippen LogP contribution >= 0.6 is 23.1 Å². The van der Waals surface area contributed by atoms with Crippen molar-refractivity contribution in [2.75, 3.05) is 12.9 Å². The van der Waals surface area contributed by atoms with Crippen molar-refractivity contribution in [1.29, 1.82) is 0 Å².